The first-order valence-electron chi connectivity index (χ1n) is 11.1. The summed E-state index contributed by atoms with van der Waals surface area (Å²) in [6, 6.07) is 16.0. The lowest BCUT2D eigenvalue weighted by atomic mass is 10.1. The Morgan fingerprint density at radius 1 is 1.09 bits per heavy atom. The summed E-state index contributed by atoms with van der Waals surface area (Å²) in [6.07, 6.45) is 2.33. The fourth-order valence-electron chi connectivity index (χ4n) is 3.81. The van der Waals surface area contributed by atoms with Gasteiger partial charge in [0, 0.05) is 25.1 Å². The van der Waals surface area contributed by atoms with Gasteiger partial charge < -0.3 is 24.5 Å². The molecule has 4 aromatic rings. The van der Waals surface area contributed by atoms with E-state index in [9.17, 15) is 4.79 Å². The number of fused-ring (bicyclic) bond motifs is 3. The molecule has 8 heteroatoms. The summed E-state index contributed by atoms with van der Waals surface area (Å²) in [4.78, 5) is 20.1. The van der Waals surface area contributed by atoms with Gasteiger partial charge in [0.25, 0.3) is 0 Å². The highest BCUT2D eigenvalue weighted by atomic mass is 16.5. The second kappa shape index (κ2) is 10.8. The van der Waals surface area contributed by atoms with Crippen molar-refractivity contribution < 1.29 is 19.4 Å². The number of aryl methyl sites for hydroxylation is 1. The van der Waals surface area contributed by atoms with Crippen molar-refractivity contribution in [3.05, 3.63) is 66.1 Å². The minimum Gasteiger partial charge on any atom is -0.489 e. The van der Waals surface area contributed by atoms with Crippen LogP contribution < -0.4 is 10.1 Å². The number of carboxylic acid groups (broad SMARTS) is 1. The van der Waals surface area contributed by atoms with E-state index in [1.807, 2.05) is 55.5 Å². The molecule has 33 heavy (non-hydrogen) atoms. The summed E-state index contributed by atoms with van der Waals surface area (Å²) in [5.74, 6) is 1.60. The van der Waals surface area contributed by atoms with Crippen LogP contribution in [0.15, 0.2) is 54.7 Å². The van der Waals surface area contributed by atoms with Gasteiger partial charge in [-0.15, -0.1) is 0 Å². The monoisotopic (exact) mass is 448 g/mol. The molecule has 0 spiro atoms. The zero-order valence-electron chi connectivity index (χ0n) is 18.7. The van der Waals surface area contributed by atoms with Gasteiger partial charge in [0.2, 0.25) is 0 Å². The lowest BCUT2D eigenvalue weighted by Gasteiger charge is -2.12. The first-order chi connectivity index (χ1) is 16.2. The topological polar surface area (TPSA) is 98.5 Å². The standard InChI is InChI=1S/C25H28N4O4/c1-2-32-17-23-28-22-15-27-21-11-10-19(33-16-18-8-4-3-5-9-18)14-20(21)24(22)29(23)13-7-6-12-26-25(30)31/h3-5,8-11,14-15,26H,2,6-7,12-13,16-17H2,1H3,(H,30,31). The quantitative estimate of drug-likeness (QED) is 0.321. The Morgan fingerprint density at radius 2 is 1.94 bits per heavy atom. The molecular formula is C25H28N4O4. The Balaban J connectivity index is 1.64. The third-order valence-corrected chi connectivity index (χ3v) is 5.39. The van der Waals surface area contributed by atoms with Crippen LogP contribution in [0.5, 0.6) is 5.75 Å². The Kier molecular flexibility index (Phi) is 7.36. The number of imidazole rings is 1. The van der Waals surface area contributed by atoms with E-state index in [1.165, 1.54) is 0 Å². The van der Waals surface area contributed by atoms with E-state index in [1.54, 1.807) is 6.20 Å². The average Bonchev–Trinajstić information content (AvgIpc) is 3.19. The molecular weight excluding hydrogens is 420 g/mol. The number of carbonyl (C=O) groups is 1. The van der Waals surface area contributed by atoms with Gasteiger partial charge in [-0.1, -0.05) is 30.3 Å². The summed E-state index contributed by atoms with van der Waals surface area (Å²) >= 11 is 0. The minimum absolute atomic E-state index is 0.407. The van der Waals surface area contributed by atoms with Gasteiger partial charge >= 0.3 is 6.09 Å². The van der Waals surface area contributed by atoms with Crippen molar-refractivity contribution in [2.24, 2.45) is 0 Å². The van der Waals surface area contributed by atoms with E-state index in [4.69, 9.17) is 19.6 Å². The molecule has 0 atom stereocenters. The van der Waals surface area contributed by atoms with Crippen LogP contribution in [-0.4, -0.2) is 38.9 Å². The lowest BCUT2D eigenvalue weighted by molar-refractivity contribution is 0.126. The van der Waals surface area contributed by atoms with E-state index in [0.717, 1.165) is 51.9 Å². The van der Waals surface area contributed by atoms with Gasteiger partial charge in [0.05, 0.1) is 17.2 Å². The zero-order chi connectivity index (χ0) is 23.0. The number of unbranched alkanes of at least 4 members (excludes halogenated alkanes) is 1. The van der Waals surface area contributed by atoms with Gasteiger partial charge in [-0.2, -0.15) is 0 Å². The molecule has 1 amide bonds. The molecule has 2 N–H and O–H groups in total. The number of nitrogens with one attached hydrogen (secondary N) is 1. The maximum absolute atomic E-state index is 10.7. The summed E-state index contributed by atoms with van der Waals surface area (Å²) in [7, 11) is 0. The Morgan fingerprint density at radius 3 is 2.73 bits per heavy atom. The second-order valence-electron chi connectivity index (χ2n) is 7.70. The molecule has 8 nitrogen and oxygen atoms in total. The molecule has 0 radical (unpaired) electrons. The molecule has 0 bridgehead atoms. The number of pyridine rings is 1. The van der Waals surface area contributed by atoms with Crippen molar-refractivity contribution in [2.75, 3.05) is 13.2 Å². The van der Waals surface area contributed by atoms with Crippen molar-refractivity contribution in [1.82, 2.24) is 19.9 Å². The highest BCUT2D eigenvalue weighted by molar-refractivity contribution is 6.02. The Bertz CT molecular complexity index is 1220. The summed E-state index contributed by atoms with van der Waals surface area (Å²) < 4.78 is 13.9. The Hall–Kier alpha value is -3.65. The van der Waals surface area contributed by atoms with Crippen molar-refractivity contribution in [3.63, 3.8) is 0 Å². The molecule has 2 heterocycles. The van der Waals surface area contributed by atoms with Crippen LogP contribution in [0.2, 0.25) is 0 Å². The van der Waals surface area contributed by atoms with Crippen LogP contribution in [0.4, 0.5) is 4.79 Å². The van der Waals surface area contributed by atoms with Gasteiger partial charge in [0.1, 0.15) is 30.3 Å². The van der Waals surface area contributed by atoms with Crippen molar-refractivity contribution in [1.29, 1.82) is 0 Å². The van der Waals surface area contributed by atoms with Crippen LogP contribution in [0.3, 0.4) is 0 Å². The predicted octanol–water partition coefficient (Wildman–Crippen LogP) is 4.75. The molecule has 2 aromatic heterocycles. The first-order valence-corrected chi connectivity index (χ1v) is 11.1. The third kappa shape index (κ3) is 5.59. The second-order valence-corrected chi connectivity index (χ2v) is 7.70. The maximum atomic E-state index is 10.7. The summed E-state index contributed by atoms with van der Waals surface area (Å²) in [6.45, 7) is 4.57. The smallest absolute Gasteiger partial charge is 0.404 e. The van der Waals surface area contributed by atoms with E-state index >= 15 is 0 Å². The largest absolute Gasteiger partial charge is 0.489 e. The molecule has 0 saturated heterocycles. The summed E-state index contributed by atoms with van der Waals surface area (Å²) in [5, 5.41) is 12.2. The number of aromatic nitrogens is 3. The van der Waals surface area contributed by atoms with Gasteiger partial charge in [-0.3, -0.25) is 4.98 Å². The van der Waals surface area contributed by atoms with E-state index < -0.39 is 6.09 Å². The Labute approximate surface area is 192 Å². The van der Waals surface area contributed by atoms with Gasteiger partial charge in [-0.05, 0) is 43.5 Å². The van der Waals surface area contributed by atoms with Crippen LogP contribution in [0.1, 0.15) is 31.2 Å². The molecule has 0 aliphatic carbocycles. The number of hydrogen-bond acceptors (Lipinski definition) is 5. The summed E-state index contributed by atoms with van der Waals surface area (Å²) in [5.41, 5.74) is 3.77. The number of ether oxygens (including phenoxy) is 2. The minimum atomic E-state index is -1.000. The van der Waals surface area contributed by atoms with Crippen LogP contribution >= 0.6 is 0 Å². The predicted molar refractivity (Wildman–Crippen MR) is 126 cm³/mol. The fourth-order valence-corrected chi connectivity index (χ4v) is 3.81. The highest BCUT2D eigenvalue weighted by Crippen LogP contribution is 2.29. The third-order valence-electron chi connectivity index (χ3n) is 5.39. The maximum Gasteiger partial charge on any atom is 0.404 e. The van der Waals surface area contributed by atoms with Crippen molar-refractivity contribution in [2.45, 2.75) is 39.5 Å². The molecule has 0 aliphatic heterocycles. The average molecular weight is 449 g/mol. The van der Waals surface area contributed by atoms with Crippen LogP contribution in [0, 0.1) is 0 Å². The molecule has 0 unspecified atom stereocenters. The molecule has 0 saturated carbocycles. The molecule has 0 aliphatic rings. The number of nitrogens with zero attached hydrogens (tertiary/aromatic N) is 3. The zero-order valence-corrected chi connectivity index (χ0v) is 18.7. The van der Waals surface area contributed by atoms with Crippen molar-refractivity contribution >= 4 is 28.0 Å². The number of amides is 1. The molecule has 4 rings (SSSR count). The number of rotatable bonds is 11. The van der Waals surface area contributed by atoms with Crippen LogP contribution in [0.25, 0.3) is 21.9 Å². The SMILES string of the molecule is CCOCc1nc2cnc3ccc(OCc4ccccc4)cc3c2n1CCCCNC(=O)O. The van der Waals surface area contributed by atoms with E-state index in [-0.39, 0.29) is 0 Å². The van der Waals surface area contributed by atoms with Crippen LogP contribution in [-0.2, 0) is 24.5 Å². The molecule has 0 fully saturated rings. The fraction of sp³-hybridized carbons (Fsp3) is 0.320. The highest BCUT2D eigenvalue weighted by Gasteiger charge is 2.15. The number of benzene rings is 2. The lowest BCUT2D eigenvalue weighted by Crippen LogP contribution is -2.22. The van der Waals surface area contributed by atoms with Gasteiger partial charge in [0.15, 0.2) is 0 Å². The van der Waals surface area contributed by atoms with Crippen molar-refractivity contribution in [3.8, 4) is 5.75 Å². The van der Waals surface area contributed by atoms with E-state index in [2.05, 4.69) is 14.9 Å². The first kappa shape index (κ1) is 22.5. The van der Waals surface area contributed by atoms with E-state index in [0.29, 0.717) is 32.9 Å². The molecule has 2 aromatic carbocycles. The molecule has 172 valence electrons. The van der Waals surface area contributed by atoms with Gasteiger partial charge in [-0.25, -0.2) is 9.78 Å². The normalized spacial score (nSPS) is 11.2. The number of hydrogen-bond donors (Lipinski definition) is 2.